The van der Waals surface area contributed by atoms with Gasteiger partial charge in [0.05, 0.1) is 194 Å². The summed E-state index contributed by atoms with van der Waals surface area (Å²) in [5.41, 5.74) is 3.20. The fraction of sp³-hybridized carbons (Fsp3) is 0.543. The number of nitrogens with zero attached hydrogens (tertiary/aromatic N) is 3. The molecular formula is C94H128N16O33S. The number of carbonyl (C=O) groups excluding carboxylic acids is 12. The van der Waals surface area contributed by atoms with E-state index in [1.807, 2.05) is 60.3 Å². The quantitative estimate of drug-likeness (QED) is 0.0109. The van der Waals surface area contributed by atoms with Crippen LogP contribution in [0.3, 0.4) is 0 Å². The lowest BCUT2D eigenvalue weighted by atomic mass is 9.98. The number of ether oxygens (including phenoxy) is 13. The molecule has 2 aliphatic heterocycles. The van der Waals surface area contributed by atoms with Crippen molar-refractivity contribution in [1.82, 2.24) is 69.1 Å². The minimum Gasteiger partial charge on any atom is -0.493 e. The number of unbranched alkanes of at least 4 members (excludes halogenated alkanes) is 2. The summed E-state index contributed by atoms with van der Waals surface area (Å²) in [6.07, 6.45) is 3.81. The third-order valence-corrected chi connectivity index (χ3v) is 24.1. The summed E-state index contributed by atoms with van der Waals surface area (Å²) in [5.74, 6) is -5.23. The second-order valence-electron chi connectivity index (χ2n) is 33.1. The van der Waals surface area contributed by atoms with E-state index in [0.717, 1.165) is 65.5 Å². The number of rotatable bonds is 71. The molecular weight excluding hydrogens is 1910 g/mol. The van der Waals surface area contributed by atoms with Gasteiger partial charge < -0.3 is 136 Å². The van der Waals surface area contributed by atoms with Crippen LogP contribution < -0.4 is 97.5 Å². The number of hydrogen-bond acceptors (Lipinski definition) is 33. The Bertz CT molecular complexity index is 5130. The summed E-state index contributed by atoms with van der Waals surface area (Å²) >= 11 is 1.83. The Hall–Kier alpha value is -14.1. The van der Waals surface area contributed by atoms with Gasteiger partial charge >= 0.3 is 18.1 Å². The molecule has 2 fully saturated rings. The largest absolute Gasteiger partial charge is 0.493 e. The molecule has 3 aliphatic rings. The molecule has 2 saturated heterocycles. The molecule has 0 aromatic heterocycles. The third kappa shape index (κ3) is 39.7. The smallest absolute Gasteiger partial charge is 0.407 e. The Morgan fingerprint density at radius 1 is 0.417 bits per heavy atom. The van der Waals surface area contributed by atoms with Gasteiger partial charge in [-0.25, -0.2) is 14.4 Å². The van der Waals surface area contributed by atoms with Gasteiger partial charge in [0.2, 0.25) is 59.1 Å². The maximum absolute atomic E-state index is 12.9. The van der Waals surface area contributed by atoms with Gasteiger partial charge in [-0.05, 0) is 113 Å². The van der Waals surface area contributed by atoms with E-state index in [4.69, 9.17) is 61.6 Å². The number of amides is 13. The van der Waals surface area contributed by atoms with Crippen LogP contribution in [0.2, 0.25) is 0 Å². The number of fused-ring (bicyclic) bond motifs is 4. The zero-order valence-corrected chi connectivity index (χ0v) is 81.9. The van der Waals surface area contributed by atoms with Crippen molar-refractivity contribution in [3.05, 3.63) is 143 Å². The van der Waals surface area contributed by atoms with Crippen molar-refractivity contribution in [2.75, 3.05) is 179 Å². The zero-order valence-electron chi connectivity index (χ0n) is 81.1. The molecule has 2 heterocycles. The van der Waals surface area contributed by atoms with E-state index in [2.05, 4.69) is 69.1 Å². The van der Waals surface area contributed by atoms with E-state index < -0.39 is 132 Å². The molecule has 8 rings (SSSR count). The van der Waals surface area contributed by atoms with Crippen molar-refractivity contribution in [1.29, 1.82) is 0 Å². The minimum atomic E-state index is -1.20. The number of methoxy groups -OCH3 is 3. The van der Waals surface area contributed by atoms with Crippen molar-refractivity contribution in [2.45, 2.75) is 152 Å². The van der Waals surface area contributed by atoms with Gasteiger partial charge in [0.15, 0.2) is 34.5 Å². The molecule has 7 atom stereocenters. The molecule has 3 unspecified atom stereocenters. The van der Waals surface area contributed by atoms with Crippen molar-refractivity contribution in [3.63, 3.8) is 0 Å². The van der Waals surface area contributed by atoms with Crippen molar-refractivity contribution >= 4 is 106 Å². The van der Waals surface area contributed by atoms with Gasteiger partial charge in [0.25, 0.3) is 17.1 Å². The first-order valence-electron chi connectivity index (χ1n) is 47.1. The number of nitro benzene ring substituents is 3. The number of nitrogens with one attached hydrogen (secondary N) is 13. The van der Waals surface area contributed by atoms with Crippen LogP contribution in [0.1, 0.15) is 156 Å². The normalized spacial score (nSPS) is 14.5. The lowest BCUT2D eigenvalue weighted by Crippen LogP contribution is -2.44. The summed E-state index contributed by atoms with van der Waals surface area (Å²) in [5, 5.41) is 80.9. The summed E-state index contributed by atoms with van der Waals surface area (Å²) in [4.78, 5) is 197. The predicted octanol–water partition coefficient (Wildman–Crippen LogP) is 4.65. The maximum Gasteiger partial charge on any atom is 0.407 e. The van der Waals surface area contributed by atoms with E-state index in [1.165, 1.54) is 60.3 Å². The van der Waals surface area contributed by atoms with E-state index in [0.29, 0.717) is 31.1 Å². The number of hydrogen-bond donors (Lipinski definition) is 14. The molecule has 5 aromatic rings. The number of benzene rings is 5. The van der Waals surface area contributed by atoms with Gasteiger partial charge in [0.1, 0.15) is 39.0 Å². The average molecular weight is 2040 g/mol. The van der Waals surface area contributed by atoms with Crippen molar-refractivity contribution in [3.8, 4) is 45.6 Å². The number of nitro groups is 3. The van der Waals surface area contributed by atoms with Gasteiger partial charge in [-0.1, -0.05) is 55.0 Å². The van der Waals surface area contributed by atoms with E-state index in [1.54, 1.807) is 0 Å². The van der Waals surface area contributed by atoms with Crippen molar-refractivity contribution < 1.29 is 144 Å². The number of alkyl carbamates (subject to hydrolysis) is 1. The number of aliphatic carboxylic acids is 1. The van der Waals surface area contributed by atoms with E-state index >= 15 is 0 Å². The molecule has 788 valence electrons. The summed E-state index contributed by atoms with van der Waals surface area (Å²) in [6.45, 7) is 2.80. The third-order valence-electron chi connectivity index (χ3n) is 22.6. The molecule has 0 spiro atoms. The zero-order chi connectivity index (χ0) is 104. The second-order valence-corrected chi connectivity index (χ2v) is 34.4. The monoisotopic (exact) mass is 2040 g/mol. The average Bonchev–Trinajstić information content (AvgIpc) is 1.60. The molecule has 0 saturated carbocycles. The first-order chi connectivity index (χ1) is 69.3. The molecule has 49 nitrogen and oxygen atoms in total. The topological polar surface area (TPSA) is 648 Å². The first-order valence-corrected chi connectivity index (χ1v) is 48.1. The number of carboxylic acid groups (broad SMARTS) is 1. The van der Waals surface area contributed by atoms with Crippen LogP contribution in [0.25, 0.3) is 11.1 Å². The summed E-state index contributed by atoms with van der Waals surface area (Å²) in [6, 6.07) is 19.3. The Morgan fingerprint density at radius 3 is 1.22 bits per heavy atom. The van der Waals surface area contributed by atoms with E-state index in [-0.39, 0.29) is 261 Å². The first kappa shape index (κ1) is 115. The minimum absolute atomic E-state index is 0.00301. The number of carboxylic acids is 1. The highest BCUT2D eigenvalue weighted by Crippen LogP contribution is 2.46. The van der Waals surface area contributed by atoms with Crippen LogP contribution in [0.5, 0.6) is 34.5 Å². The highest BCUT2D eigenvalue weighted by molar-refractivity contribution is 8.00. The molecule has 14 N–H and O–H groups in total. The lowest BCUT2D eigenvalue weighted by molar-refractivity contribution is -0.386. The number of carbonyl (C=O) groups is 13. The SMILES string of the molecule is COc1cc(C(C)NC(=O)CNC(=O)CNC(=O)CNC(=O)OCC2c3ccccc3-c3ccccc32)c([N+](=O)[O-])cc1OCCCC(=O)NCCOCCOCC(=O)NC(C)c1cc(OC)c(OCCCC(=O)NCCOCCOCC(=O)NC(C)c2cc(OC)c(OCCCC(=O)NCCOCCOCC(=O)N[C@@H](CCCCNC(=O)CCCC[C@@H]3SC[C@@H]4NC(=O)N[C@@H]43)C(=O)O)cc2[N+](=O)[O-])cc1[N+](=O)[O-]. The fourth-order valence-electron chi connectivity index (χ4n) is 15.4. The molecule has 0 radical (unpaired) electrons. The van der Waals surface area contributed by atoms with Crippen LogP contribution >= 0.6 is 11.8 Å². The van der Waals surface area contributed by atoms with Gasteiger partial charge in [-0.3, -0.25) is 78.3 Å². The summed E-state index contributed by atoms with van der Waals surface area (Å²) < 4.78 is 71.8. The summed E-state index contributed by atoms with van der Waals surface area (Å²) in [7, 11) is 3.96. The number of urea groups is 1. The van der Waals surface area contributed by atoms with Gasteiger partial charge in [0, 0.05) is 68.8 Å². The Labute approximate surface area is 834 Å². The highest BCUT2D eigenvalue weighted by atomic mass is 32.2. The van der Waals surface area contributed by atoms with Gasteiger partial charge in [-0.15, -0.1) is 0 Å². The van der Waals surface area contributed by atoms with Crippen LogP contribution in [0.15, 0.2) is 84.9 Å². The molecule has 13 amide bonds. The lowest BCUT2D eigenvalue weighted by Gasteiger charge is -2.18. The standard InChI is InChI=1S/C94H128N16O33S/c1-58(102-87(117)52-100-85(115)50-99-86(116)51-101-94(124)143-53-68-63-20-9-7-18-61(63)62-19-8-10-21-64(62)68)65-44-74(131-4)77(47-71(65)108(125)126)140-32-15-25-82(112)96-29-35-134-38-41-137-54-88(118)103-59(2)66-45-75(132-5)78(48-72(66)109(127)128)141-33-16-26-83(113)97-30-36-135-39-42-138-55-89(119)104-60(3)67-46-76(133-6)79(49-73(67)110(129)130)142-34-17-27-84(114)98-31-37-136-40-43-139-56-90(120)105-69(92(121)122)22-13-14-28-95-81(111)24-12-11-23-80-91-70(57-144-80)106-93(123)107-91/h7-10,18-21,44-49,58-60,68-70,80,91H,11-17,22-43,50-57H2,1-6H3,(H,95,111)(H,96,112)(H,97,113)(H,98,114)(H,99,116)(H,100,115)(H,101,124)(H,102,117)(H,103,118)(H,104,119)(H,105,120)(H,121,122)(H2,106,107,123)/t58?,59?,60?,69-,70-,80-,91-/m0/s1. The Morgan fingerprint density at radius 2 is 0.799 bits per heavy atom. The van der Waals surface area contributed by atoms with Crippen molar-refractivity contribution in [2.24, 2.45) is 0 Å². The molecule has 0 bridgehead atoms. The fourth-order valence-corrected chi connectivity index (χ4v) is 17.0. The van der Waals surface area contributed by atoms with Crippen LogP contribution in [0.4, 0.5) is 26.7 Å². The predicted molar refractivity (Wildman–Crippen MR) is 516 cm³/mol. The molecule has 144 heavy (non-hydrogen) atoms. The molecule has 5 aromatic carbocycles. The number of thioether (sulfide) groups is 1. The second kappa shape index (κ2) is 62.4. The molecule has 50 heteroatoms. The van der Waals surface area contributed by atoms with Crippen LogP contribution in [0, 0.1) is 30.3 Å². The Balaban J connectivity index is 0.590. The van der Waals surface area contributed by atoms with Crippen LogP contribution in [-0.2, 0) is 85.9 Å². The molecule has 1 aliphatic carbocycles. The maximum atomic E-state index is 12.9. The Kier molecular flexibility index (Phi) is 49.9. The van der Waals surface area contributed by atoms with Gasteiger partial charge in [-0.2, -0.15) is 11.8 Å². The van der Waals surface area contributed by atoms with Crippen LogP contribution in [-0.4, -0.2) is 299 Å². The van der Waals surface area contributed by atoms with E-state index in [9.17, 15) is 97.8 Å². The highest BCUT2D eigenvalue weighted by Gasteiger charge is 2.43.